The van der Waals surface area contributed by atoms with Gasteiger partial charge in [-0.1, -0.05) is 11.3 Å². The van der Waals surface area contributed by atoms with Crippen LogP contribution in [0.5, 0.6) is 0 Å². The number of carbonyl (C=O) groups is 1. The minimum atomic E-state index is -4.62. The number of rotatable bonds is 5. The number of nitrogen functional groups attached to an aromatic ring is 1. The summed E-state index contributed by atoms with van der Waals surface area (Å²) in [5, 5.41) is -0.252. The first kappa shape index (κ1) is 26.2. The van der Waals surface area contributed by atoms with Crippen molar-refractivity contribution in [2.75, 3.05) is 5.73 Å². The van der Waals surface area contributed by atoms with Crippen LogP contribution >= 0.6 is 32.0 Å². The van der Waals surface area contributed by atoms with Crippen LogP contribution in [0, 0.1) is 10.5 Å². The Kier molecular flexibility index (Phi) is 8.75. The normalized spacial score (nSPS) is 12.0. The van der Waals surface area contributed by atoms with Crippen LogP contribution in [0.25, 0.3) is 0 Å². The number of aromatic nitrogens is 1. The van der Waals surface area contributed by atoms with Crippen molar-refractivity contribution >= 4 is 53.0 Å². The summed E-state index contributed by atoms with van der Waals surface area (Å²) in [5.41, 5.74) is 4.84. The Hall–Kier alpha value is -2.07. The SMILES string of the molecule is CC(=O)c1sc(N)nc1C(F)(F)F.Cc1ccc(S(=O)(=O)OI(O)c2ccccc2)cc1. The third-order valence-electron chi connectivity index (χ3n) is 3.60. The van der Waals surface area contributed by atoms with Crippen molar-refractivity contribution in [3.8, 4) is 0 Å². The van der Waals surface area contributed by atoms with Crippen molar-refractivity contribution < 1.29 is 32.3 Å². The molecule has 0 aliphatic rings. The molecule has 0 atom stereocenters. The van der Waals surface area contributed by atoms with Gasteiger partial charge in [0.15, 0.2) is 16.6 Å². The molecule has 1 heterocycles. The van der Waals surface area contributed by atoms with Crippen LogP contribution in [0.2, 0.25) is 0 Å². The molecule has 3 N–H and O–H groups in total. The van der Waals surface area contributed by atoms with E-state index in [9.17, 15) is 29.8 Å². The number of hydrogen-bond donors (Lipinski definition) is 2. The fourth-order valence-electron chi connectivity index (χ4n) is 2.15. The molecule has 0 spiro atoms. The molecular weight excluding hydrogens is 584 g/mol. The van der Waals surface area contributed by atoms with Crippen molar-refractivity contribution in [3.05, 3.63) is 74.3 Å². The van der Waals surface area contributed by atoms with E-state index in [-0.39, 0.29) is 10.0 Å². The van der Waals surface area contributed by atoms with Crippen molar-refractivity contribution in [1.29, 1.82) is 0 Å². The van der Waals surface area contributed by atoms with Crippen LogP contribution in [0.3, 0.4) is 0 Å². The molecule has 174 valence electrons. The zero-order valence-corrected chi connectivity index (χ0v) is 20.4. The van der Waals surface area contributed by atoms with Gasteiger partial charge in [0.25, 0.3) is 0 Å². The van der Waals surface area contributed by atoms with E-state index >= 15 is 0 Å². The van der Waals surface area contributed by atoms with Crippen LogP contribution in [-0.4, -0.2) is 22.6 Å². The van der Waals surface area contributed by atoms with Crippen molar-refractivity contribution in [3.63, 3.8) is 0 Å². The van der Waals surface area contributed by atoms with Gasteiger partial charge in [-0.15, -0.1) is 0 Å². The molecule has 0 saturated carbocycles. The Morgan fingerprint density at radius 3 is 2.16 bits per heavy atom. The summed E-state index contributed by atoms with van der Waals surface area (Å²) in [5.74, 6) is -0.679. The van der Waals surface area contributed by atoms with Crippen LogP contribution in [-0.2, 0) is 18.8 Å². The first-order chi connectivity index (χ1) is 14.8. The Labute approximate surface area is 194 Å². The number of benzene rings is 2. The standard InChI is InChI=1S/C13H13IO4S.C6H5F3N2OS/c1-11-7-9-13(10-8-11)19(16,17)18-14(15)12-5-3-2-4-6-12;1-2(12)3-4(6(7,8)9)11-5(10)13-3/h2-10,15H,1H3;1H3,(H2,10,11). The molecule has 0 radical (unpaired) electrons. The van der Waals surface area contributed by atoms with Crippen molar-refractivity contribution in [1.82, 2.24) is 4.98 Å². The number of carbonyl (C=O) groups excluding carboxylic acids is 1. The Morgan fingerprint density at radius 1 is 1.12 bits per heavy atom. The number of anilines is 1. The van der Waals surface area contributed by atoms with E-state index < -0.39 is 53.3 Å². The fourth-order valence-corrected chi connectivity index (χ4v) is 7.29. The quantitative estimate of drug-likeness (QED) is 0.317. The van der Waals surface area contributed by atoms with Gasteiger partial charge in [-0.2, -0.15) is 13.2 Å². The van der Waals surface area contributed by atoms with E-state index in [4.69, 9.17) is 8.25 Å². The van der Waals surface area contributed by atoms with Crippen molar-refractivity contribution in [2.45, 2.75) is 24.9 Å². The van der Waals surface area contributed by atoms with Gasteiger partial charge in [-0.25, -0.2) is 4.98 Å². The topological polar surface area (TPSA) is 120 Å². The number of nitrogens with two attached hydrogens (primary N) is 1. The second-order valence-corrected chi connectivity index (χ2v) is 12.3. The van der Waals surface area contributed by atoms with Gasteiger partial charge in [0.1, 0.15) is 4.88 Å². The van der Waals surface area contributed by atoms with E-state index in [0.29, 0.717) is 14.9 Å². The summed E-state index contributed by atoms with van der Waals surface area (Å²) in [6.07, 6.45) is -4.62. The Bertz CT molecular complexity index is 1170. The molecule has 0 aliphatic heterocycles. The molecule has 3 rings (SSSR count). The first-order valence-electron chi connectivity index (χ1n) is 8.61. The van der Waals surface area contributed by atoms with E-state index in [1.165, 1.54) is 12.1 Å². The number of thiazole rings is 1. The van der Waals surface area contributed by atoms with Crippen LogP contribution in [0.15, 0.2) is 59.5 Å². The van der Waals surface area contributed by atoms with Gasteiger partial charge in [0, 0.05) is 6.92 Å². The van der Waals surface area contributed by atoms with Crippen molar-refractivity contribution in [2.24, 2.45) is 0 Å². The molecule has 32 heavy (non-hydrogen) atoms. The summed E-state index contributed by atoms with van der Waals surface area (Å²) < 4.78 is 75.8. The van der Waals surface area contributed by atoms with E-state index in [0.717, 1.165) is 12.5 Å². The molecule has 0 aliphatic carbocycles. The van der Waals surface area contributed by atoms with Gasteiger partial charge in [-0.3, -0.25) is 4.79 Å². The molecule has 0 saturated heterocycles. The molecule has 1 aromatic heterocycles. The predicted octanol–water partition coefficient (Wildman–Crippen LogP) is 4.85. The third kappa shape index (κ3) is 7.23. The monoisotopic (exact) mass is 602 g/mol. The molecule has 0 amide bonds. The first-order valence-corrected chi connectivity index (χ1v) is 13.8. The number of aryl methyl sites for hydroxylation is 1. The minimum absolute atomic E-state index is 0.0605. The maximum atomic E-state index is 12.2. The molecule has 0 fully saturated rings. The third-order valence-corrected chi connectivity index (χ3v) is 9.95. The predicted molar refractivity (Wildman–Crippen MR) is 122 cm³/mol. The van der Waals surface area contributed by atoms with E-state index in [2.05, 4.69) is 4.98 Å². The van der Waals surface area contributed by atoms with Crippen LogP contribution in [0.4, 0.5) is 18.3 Å². The van der Waals surface area contributed by atoms with Gasteiger partial charge in [-0.05, 0) is 0 Å². The molecular formula is C19H18F3IN2O5S2. The zero-order valence-electron chi connectivity index (χ0n) is 16.6. The van der Waals surface area contributed by atoms with Crippen LogP contribution < -0.4 is 5.73 Å². The summed E-state index contributed by atoms with van der Waals surface area (Å²) in [7, 11) is -3.90. The number of Topliss-reactive ketones (excluding diaryl/α,β-unsaturated/α-hetero) is 1. The number of alkyl halides is 3. The fraction of sp³-hybridized carbons (Fsp3) is 0.158. The number of hydrogen-bond acceptors (Lipinski definition) is 8. The second-order valence-electron chi connectivity index (χ2n) is 6.14. The molecule has 3 aromatic rings. The Balaban J connectivity index is 0.000000244. The van der Waals surface area contributed by atoms with Gasteiger partial charge in [0.05, 0.1) is 0 Å². The molecule has 7 nitrogen and oxygen atoms in total. The summed E-state index contributed by atoms with van der Waals surface area (Å²) >= 11 is -2.59. The molecule has 0 unspecified atom stereocenters. The molecule has 13 heteroatoms. The van der Waals surface area contributed by atoms with Gasteiger partial charge >= 0.3 is 127 Å². The number of halogens is 4. The Morgan fingerprint density at radius 2 is 1.69 bits per heavy atom. The number of nitrogens with zero attached hydrogens (tertiary/aromatic N) is 1. The summed E-state index contributed by atoms with van der Waals surface area (Å²) in [6, 6.07) is 14.9. The maximum absolute atomic E-state index is 12.2. The molecule has 2 aromatic carbocycles. The summed E-state index contributed by atoms with van der Waals surface area (Å²) in [6.45, 7) is 2.91. The van der Waals surface area contributed by atoms with Gasteiger partial charge in [0.2, 0.25) is 0 Å². The average Bonchev–Trinajstić information content (AvgIpc) is 3.12. The summed E-state index contributed by atoms with van der Waals surface area (Å²) in [4.78, 5) is 13.4. The van der Waals surface area contributed by atoms with E-state index in [1.807, 2.05) is 6.92 Å². The zero-order chi connectivity index (χ0) is 24.1. The average molecular weight is 602 g/mol. The van der Waals surface area contributed by atoms with Crippen LogP contribution in [0.1, 0.15) is 27.9 Å². The van der Waals surface area contributed by atoms with Gasteiger partial charge < -0.3 is 5.73 Å². The second kappa shape index (κ2) is 10.7. The number of ketones is 1. The molecule has 0 bridgehead atoms. The van der Waals surface area contributed by atoms with E-state index in [1.54, 1.807) is 42.5 Å².